The van der Waals surface area contributed by atoms with Gasteiger partial charge in [0.2, 0.25) is 5.65 Å². The van der Waals surface area contributed by atoms with Crippen LogP contribution < -0.4 is 9.64 Å². The molecule has 160 valence electrons. The topological polar surface area (TPSA) is 69.0 Å². The molecule has 1 aliphatic heterocycles. The Balaban J connectivity index is 1.59. The summed E-state index contributed by atoms with van der Waals surface area (Å²) >= 11 is 0. The Kier molecular flexibility index (Phi) is 4.09. The third-order valence-corrected chi connectivity index (χ3v) is 6.21. The van der Waals surface area contributed by atoms with E-state index < -0.39 is 5.82 Å². The van der Waals surface area contributed by atoms with Gasteiger partial charge in [-0.15, -0.1) is 5.10 Å². The number of hydrogen-bond acceptors (Lipinski definition) is 6. The van der Waals surface area contributed by atoms with Gasteiger partial charge in [-0.3, -0.25) is 4.98 Å². The first kappa shape index (κ1) is 19.0. The van der Waals surface area contributed by atoms with Crippen LogP contribution in [0, 0.1) is 23.1 Å². The molecule has 0 radical (unpaired) electrons. The second-order valence-electron chi connectivity index (χ2n) is 8.68. The molecule has 1 aliphatic carbocycles. The third-order valence-electron chi connectivity index (χ3n) is 6.21. The summed E-state index contributed by atoms with van der Waals surface area (Å²) < 4.78 is 22.9. The molecule has 0 bridgehead atoms. The molecule has 3 aromatic heterocycles. The van der Waals surface area contributed by atoms with Gasteiger partial charge in [0.05, 0.1) is 29.4 Å². The molecule has 8 heteroatoms. The lowest BCUT2D eigenvalue weighted by Gasteiger charge is -2.24. The number of para-hydroxylation sites is 1. The van der Waals surface area contributed by atoms with Gasteiger partial charge < -0.3 is 9.64 Å². The minimum Gasteiger partial charge on any atom is -0.490 e. The highest BCUT2D eigenvalue weighted by Crippen LogP contribution is 2.45. The minimum absolute atomic E-state index is 0.109. The smallest absolute Gasteiger partial charge is 0.204 e. The minimum atomic E-state index is -0.433. The van der Waals surface area contributed by atoms with Crippen molar-refractivity contribution in [3.63, 3.8) is 0 Å². The number of rotatable bonds is 1. The fourth-order valence-electron chi connectivity index (χ4n) is 4.17. The lowest BCUT2D eigenvalue weighted by Crippen LogP contribution is -2.20. The molecular formula is C24H21FN6O. The second-order valence-corrected chi connectivity index (χ2v) is 8.68. The molecule has 1 aromatic carbocycles. The van der Waals surface area contributed by atoms with Gasteiger partial charge in [0.25, 0.3) is 0 Å². The zero-order valence-corrected chi connectivity index (χ0v) is 17.9. The van der Waals surface area contributed by atoms with E-state index in [1.807, 2.05) is 23.1 Å². The Morgan fingerprint density at radius 1 is 1.22 bits per heavy atom. The van der Waals surface area contributed by atoms with E-state index in [9.17, 15) is 0 Å². The van der Waals surface area contributed by atoms with Crippen LogP contribution in [0.4, 0.5) is 15.9 Å². The summed E-state index contributed by atoms with van der Waals surface area (Å²) in [4.78, 5) is 10.8. The molecule has 1 saturated carbocycles. The number of halogens is 1. The van der Waals surface area contributed by atoms with Gasteiger partial charge in [0.1, 0.15) is 11.3 Å². The van der Waals surface area contributed by atoms with Crippen molar-refractivity contribution < 1.29 is 9.13 Å². The van der Waals surface area contributed by atoms with Gasteiger partial charge in [-0.1, -0.05) is 23.1 Å². The molecule has 32 heavy (non-hydrogen) atoms. The molecule has 6 rings (SSSR count). The number of ether oxygens (including phenoxy) is 1. The summed E-state index contributed by atoms with van der Waals surface area (Å²) in [5.74, 6) is 7.48. The van der Waals surface area contributed by atoms with E-state index in [2.05, 4.69) is 34.1 Å². The normalized spacial score (nSPS) is 16.8. The Morgan fingerprint density at radius 3 is 2.94 bits per heavy atom. The zero-order valence-electron chi connectivity index (χ0n) is 17.9. The Labute approximate surface area is 184 Å². The van der Waals surface area contributed by atoms with Crippen LogP contribution in [0.1, 0.15) is 31.7 Å². The van der Waals surface area contributed by atoms with E-state index in [1.54, 1.807) is 17.9 Å². The molecule has 1 fully saturated rings. The maximum absolute atomic E-state index is 15.2. The van der Waals surface area contributed by atoms with Crippen LogP contribution in [0.2, 0.25) is 0 Å². The van der Waals surface area contributed by atoms with Crippen LogP contribution in [0.25, 0.3) is 21.9 Å². The van der Waals surface area contributed by atoms with Crippen molar-refractivity contribution in [1.82, 2.24) is 25.0 Å². The number of fused-ring (bicyclic) bond motifs is 4. The number of nitrogens with zero attached hydrogens (tertiary/aromatic N) is 6. The number of aromatic nitrogens is 5. The lowest BCUT2D eigenvalue weighted by atomic mass is 10.1. The van der Waals surface area contributed by atoms with E-state index in [0.717, 1.165) is 30.5 Å². The van der Waals surface area contributed by atoms with E-state index >= 15 is 4.39 Å². The monoisotopic (exact) mass is 428 g/mol. The standard InChI is InChI=1S/C24H21FN6O/c1-24(9-10-24)8-7-15-5-3-6-18-21(15)32-12-4-11-31(18)23-19-16(13-26-14-17(19)25)20-22(27-23)28-29-30(20)2/h3,5-6,13-14H,4,9-12H2,1-2H3. The molecule has 4 aromatic rings. The van der Waals surface area contributed by atoms with Crippen molar-refractivity contribution >= 4 is 33.4 Å². The van der Waals surface area contributed by atoms with Gasteiger partial charge in [0, 0.05) is 30.6 Å². The van der Waals surface area contributed by atoms with Gasteiger partial charge in [-0.2, -0.15) is 0 Å². The average molecular weight is 428 g/mol. The van der Waals surface area contributed by atoms with E-state index in [4.69, 9.17) is 9.72 Å². The van der Waals surface area contributed by atoms with Gasteiger partial charge in [0.15, 0.2) is 11.6 Å². The Hall–Kier alpha value is -3.73. The summed E-state index contributed by atoms with van der Waals surface area (Å²) in [5, 5.41) is 9.29. The van der Waals surface area contributed by atoms with Crippen molar-refractivity contribution in [2.75, 3.05) is 18.1 Å². The van der Waals surface area contributed by atoms with Crippen LogP contribution in [0.5, 0.6) is 5.75 Å². The van der Waals surface area contributed by atoms with Gasteiger partial charge in [-0.25, -0.2) is 14.1 Å². The van der Waals surface area contributed by atoms with Crippen LogP contribution in [0.3, 0.4) is 0 Å². The Morgan fingerprint density at radius 2 is 2.09 bits per heavy atom. The fraction of sp³-hybridized carbons (Fsp3) is 0.333. The number of benzene rings is 1. The maximum atomic E-state index is 15.2. The molecule has 0 N–H and O–H groups in total. The number of hydrogen-bond donors (Lipinski definition) is 0. The summed E-state index contributed by atoms with van der Waals surface area (Å²) in [6, 6.07) is 5.90. The molecule has 2 aliphatic rings. The van der Waals surface area contributed by atoms with Crippen molar-refractivity contribution in [3.8, 4) is 17.6 Å². The SMILES string of the molecule is Cn1nnc2nc(N3CCCOc4c(C#CC5(C)CC5)cccc43)c3c(F)cncc3c21. The van der Waals surface area contributed by atoms with Crippen molar-refractivity contribution in [2.45, 2.75) is 26.2 Å². The highest BCUT2D eigenvalue weighted by molar-refractivity contribution is 6.08. The first-order valence-electron chi connectivity index (χ1n) is 10.7. The van der Waals surface area contributed by atoms with Crippen LogP contribution in [0.15, 0.2) is 30.6 Å². The van der Waals surface area contributed by atoms with Crippen molar-refractivity contribution in [2.24, 2.45) is 12.5 Å². The number of pyridine rings is 2. The predicted molar refractivity (Wildman–Crippen MR) is 119 cm³/mol. The highest BCUT2D eigenvalue weighted by atomic mass is 19.1. The van der Waals surface area contributed by atoms with Crippen molar-refractivity contribution in [3.05, 3.63) is 42.0 Å². The van der Waals surface area contributed by atoms with E-state index in [0.29, 0.717) is 46.7 Å². The molecule has 0 atom stereocenters. The summed E-state index contributed by atoms with van der Waals surface area (Å²) in [5.41, 5.74) is 2.88. The molecule has 0 spiro atoms. The van der Waals surface area contributed by atoms with Gasteiger partial charge >= 0.3 is 0 Å². The fourth-order valence-corrected chi connectivity index (χ4v) is 4.17. The van der Waals surface area contributed by atoms with Gasteiger partial charge in [-0.05, 0) is 38.3 Å². The molecular weight excluding hydrogens is 407 g/mol. The second kappa shape index (κ2) is 6.89. The van der Waals surface area contributed by atoms with Crippen LogP contribution in [-0.2, 0) is 7.05 Å². The highest BCUT2D eigenvalue weighted by Gasteiger charge is 2.35. The first-order valence-corrected chi connectivity index (χ1v) is 10.7. The van der Waals surface area contributed by atoms with Crippen LogP contribution >= 0.6 is 0 Å². The molecule has 0 amide bonds. The Bertz CT molecular complexity index is 1450. The third kappa shape index (κ3) is 2.96. The average Bonchev–Trinajstić information content (AvgIpc) is 3.47. The summed E-state index contributed by atoms with van der Waals surface area (Å²) in [7, 11) is 1.77. The molecule has 4 heterocycles. The predicted octanol–water partition coefficient (Wildman–Crippen LogP) is 4.12. The zero-order chi connectivity index (χ0) is 21.9. The largest absolute Gasteiger partial charge is 0.490 e. The maximum Gasteiger partial charge on any atom is 0.204 e. The number of anilines is 2. The quantitative estimate of drug-likeness (QED) is 0.425. The van der Waals surface area contributed by atoms with E-state index in [1.165, 1.54) is 6.20 Å². The van der Waals surface area contributed by atoms with Crippen molar-refractivity contribution in [1.29, 1.82) is 0 Å². The lowest BCUT2D eigenvalue weighted by molar-refractivity contribution is 0.322. The van der Waals surface area contributed by atoms with Crippen LogP contribution in [-0.4, -0.2) is 38.1 Å². The van der Waals surface area contributed by atoms with E-state index in [-0.39, 0.29) is 5.41 Å². The first-order chi connectivity index (χ1) is 15.5. The summed E-state index contributed by atoms with van der Waals surface area (Å²) in [6.45, 7) is 3.35. The molecule has 7 nitrogen and oxygen atoms in total. The molecule has 0 saturated heterocycles. The number of aryl methyl sites for hydroxylation is 1. The summed E-state index contributed by atoms with van der Waals surface area (Å²) in [6.07, 6.45) is 5.87. The molecule has 0 unspecified atom stereocenters.